The molecule has 0 unspecified atom stereocenters. The molecular weight excluding hydrogens is 783 g/mol. The van der Waals surface area contributed by atoms with Gasteiger partial charge >= 0.3 is 17.8 Å². The number of rotatable bonds is 8. The molecule has 18 heteroatoms. The van der Waals surface area contributed by atoms with Crippen LogP contribution >= 0.6 is 0 Å². The summed E-state index contributed by atoms with van der Waals surface area (Å²) in [5, 5.41) is 11.8. The second kappa shape index (κ2) is 13.2. The number of carbonyl (C=O) groups excluding carboxylic acids is 3. The number of carbonyl (C=O) groups is 4. The van der Waals surface area contributed by atoms with Crippen LogP contribution in [0.2, 0.25) is 0 Å². The van der Waals surface area contributed by atoms with E-state index in [9.17, 15) is 50.2 Å². The third-order valence-electron chi connectivity index (χ3n) is 10.4. The van der Waals surface area contributed by atoms with E-state index in [0.29, 0.717) is 27.2 Å². The Morgan fingerprint density at radius 1 is 0.842 bits per heavy atom. The lowest BCUT2D eigenvalue weighted by molar-refractivity contribution is -0.689. The van der Waals surface area contributed by atoms with Crippen LogP contribution in [0.3, 0.4) is 0 Å². The highest BCUT2D eigenvalue weighted by Gasteiger charge is 2.38. The minimum Gasteiger partial charge on any atom is -0.478 e. The molecule has 1 aliphatic carbocycles. The highest BCUT2D eigenvalue weighted by Crippen LogP contribution is 2.46. The van der Waals surface area contributed by atoms with Gasteiger partial charge in [-0.15, -0.1) is 5.06 Å². The van der Waals surface area contributed by atoms with Crippen molar-refractivity contribution in [1.29, 1.82) is 0 Å². The van der Waals surface area contributed by atoms with Gasteiger partial charge in [0.2, 0.25) is 5.35 Å². The van der Waals surface area contributed by atoms with Gasteiger partial charge in [-0.1, -0.05) is 32.1 Å². The maximum Gasteiger partial charge on any atom is 0.381 e. The molecule has 3 N–H and O–H groups in total. The molecule has 3 aliphatic heterocycles. The largest absolute Gasteiger partial charge is 0.478 e. The molecule has 1 saturated heterocycles. The fourth-order valence-electron chi connectivity index (χ4n) is 7.73. The summed E-state index contributed by atoms with van der Waals surface area (Å²) in [6.45, 7) is 7.43. The number of pyridine rings is 1. The number of amides is 2. The van der Waals surface area contributed by atoms with Crippen molar-refractivity contribution < 1.29 is 64.4 Å². The van der Waals surface area contributed by atoms with Gasteiger partial charge in [0.1, 0.15) is 24.3 Å². The molecule has 4 aliphatic rings. The first-order valence-electron chi connectivity index (χ1n) is 17.5. The van der Waals surface area contributed by atoms with Crippen molar-refractivity contribution in [2.45, 2.75) is 46.1 Å². The third-order valence-corrected chi connectivity index (χ3v) is 11.8. The van der Waals surface area contributed by atoms with E-state index in [-0.39, 0.29) is 63.1 Å². The minimum atomic E-state index is -4.54. The summed E-state index contributed by atoms with van der Waals surface area (Å²) in [5.74, 6) is -5.12. The fraction of sp³-hybridized carbons (Fsp3) is 0.308. The Bertz CT molecular complexity index is 2800. The number of imide groups is 1. The average molecular weight is 821 g/mol. The lowest BCUT2D eigenvalue weighted by atomic mass is 9.82. The average Bonchev–Trinajstić information content (AvgIpc) is 3.40. The molecule has 1 fully saturated rings. The first kappa shape index (κ1) is 39.5. The molecule has 7 rings (SSSR count). The smallest absolute Gasteiger partial charge is 0.381 e. The van der Waals surface area contributed by atoms with Crippen LogP contribution in [0.15, 0.2) is 48.6 Å². The van der Waals surface area contributed by atoms with Crippen molar-refractivity contribution >= 4 is 72.5 Å². The Kier molecular flexibility index (Phi) is 9.15. The monoisotopic (exact) mass is 820 g/mol. The highest BCUT2D eigenvalue weighted by molar-refractivity contribution is 7.86. The predicted molar refractivity (Wildman–Crippen MR) is 204 cm³/mol. The van der Waals surface area contributed by atoms with E-state index < -0.39 is 72.0 Å². The lowest BCUT2D eigenvalue weighted by Gasteiger charge is -2.41. The van der Waals surface area contributed by atoms with Crippen LogP contribution in [0, 0.1) is 5.41 Å². The molecule has 0 bridgehead atoms. The molecule has 0 radical (unpaired) electrons. The van der Waals surface area contributed by atoms with Crippen LogP contribution in [-0.2, 0) is 41.7 Å². The number of anilines is 1. The molecule has 57 heavy (non-hydrogen) atoms. The number of allylic oxidation sites excluding steroid dienone is 1. The normalized spacial score (nSPS) is 18.0. The second-order valence-corrected chi connectivity index (χ2v) is 18.5. The fourth-order valence-corrected chi connectivity index (χ4v) is 9.00. The number of benzene rings is 2. The summed E-state index contributed by atoms with van der Waals surface area (Å²) in [6, 6.07) is 8.55. The van der Waals surface area contributed by atoms with E-state index in [1.807, 2.05) is 38.7 Å². The van der Waals surface area contributed by atoms with Gasteiger partial charge in [0.25, 0.3) is 32.1 Å². The maximum absolute atomic E-state index is 13.2. The molecule has 0 atom stereocenters. The summed E-state index contributed by atoms with van der Waals surface area (Å²) in [5.41, 5.74) is 0.278. The van der Waals surface area contributed by atoms with Gasteiger partial charge in [0.15, 0.2) is 0 Å². The molecule has 0 spiro atoms. The Labute approximate surface area is 327 Å². The van der Waals surface area contributed by atoms with Crippen molar-refractivity contribution in [3.63, 3.8) is 0 Å². The van der Waals surface area contributed by atoms with Gasteiger partial charge in [-0.3, -0.25) is 18.7 Å². The van der Waals surface area contributed by atoms with E-state index in [0.717, 1.165) is 6.07 Å². The van der Waals surface area contributed by atoms with Gasteiger partial charge in [-0.05, 0) is 60.9 Å². The van der Waals surface area contributed by atoms with Crippen molar-refractivity contribution in [3.8, 4) is 11.6 Å². The van der Waals surface area contributed by atoms with Crippen molar-refractivity contribution in [2.24, 2.45) is 12.5 Å². The molecule has 0 saturated carbocycles. The van der Waals surface area contributed by atoms with Crippen LogP contribution in [-0.4, -0.2) is 84.0 Å². The van der Waals surface area contributed by atoms with Crippen molar-refractivity contribution in [1.82, 2.24) is 5.06 Å². The number of hydroxylamine groups is 2. The van der Waals surface area contributed by atoms with E-state index in [1.165, 1.54) is 12.1 Å². The van der Waals surface area contributed by atoms with Crippen molar-refractivity contribution in [2.75, 3.05) is 23.5 Å². The highest BCUT2D eigenvalue weighted by atomic mass is 32.2. The number of hydrogen-bond acceptors (Lipinski definition) is 11. The second-order valence-electron chi connectivity index (χ2n) is 15.6. The van der Waals surface area contributed by atoms with E-state index in [4.69, 9.17) is 9.57 Å². The summed E-state index contributed by atoms with van der Waals surface area (Å²) >= 11 is 0. The van der Waals surface area contributed by atoms with E-state index in [2.05, 4.69) is 0 Å². The lowest BCUT2D eigenvalue weighted by Crippen LogP contribution is -2.54. The molecule has 3 aromatic rings. The quantitative estimate of drug-likeness (QED) is 0.132. The summed E-state index contributed by atoms with van der Waals surface area (Å²) < 4.78 is 77.4. The Morgan fingerprint density at radius 3 is 2.05 bits per heavy atom. The summed E-state index contributed by atoms with van der Waals surface area (Å²) in [7, 11) is -5.59. The molecule has 2 aromatic carbocycles. The molecule has 1 aromatic heterocycles. The van der Waals surface area contributed by atoms with Gasteiger partial charge in [-0.25, -0.2) is 9.59 Å². The number of ether oxygens (including phenoxy) is 1. The predicted octanol–water partition coefficient (Wildman–Crippen LogP) is 2.37. The zero-order valence-corrected chi connectivity index (χ0v) is 33.2. The topological polar surface area (TPSA) is 226 Å². The zero-order chi connectivity index (χ0) is 41.7. The summed E-state index contributed by atoms with van der Waals surface area (Å²) in [6.07, 6.45) is 4.99. The molecular formula is C39H38N3O13S2+. The van der Waals surface area contributed by atoms with Crippen LogP contribution in [0.5, 0.6) is 11.6 Å². The molecule has 4 heterocycles. The van der Waals surface area contributed by atoms with Crippen LogP contribution in [0.25, 0.3) is 22.8 Å². The van der Waals surface area contributed by atoms with E-state index in [1.54, 1.807) is 49.0 Å². The van der Waals surface area contributed by atoms with Gasteiger partial charge < -0.3 is 19.6 Å². The number of carboxylic acids is 1. The number of fused-ring (bicyclic) bond motifs is 4. The maximum atomic E-state index is 13.2. The molecule has 2 amide bonds. The number of hydrogen-bond donors (Lipinski definition) is 3. The van der Waals surface area contributed by atoms with Gasteiger partial charge in [0, 0.05) is 53.8 Å². The number of nitrogens with zero attached hydrogens (tertiary/aromatic N) is 3. The third kappa shape index (κ3) is 7.24. The van der Waals surface area contributed by atoms with Crippen LogP contribution < -0.4 is 24.8 Å². The number of likely N-dealkylation sites (N-methyl/N-ethyl adjacent to an activating group) is 1. The summed E-state index contributed by atoms with van der Waals surface area (Å²) in [4.78, 5) is 57.6. The number of aromatic nitrogens is 1. The number of carboxylic acid groups (broad SMARTS) is 1. The minimum absolute atomic E-state index is 0.0447. The van der Waals surface area contributed by atoms with Gasteiger partial charge in [0.05, 0.1) is 27.4 Å². The van der Waals surface area contributed by atoms with Crippen molar-refractivity contribution in [3.05, 3.63) is 92.5 Å². The first-order chi connectivity index (χ1) is 26.3. The Balaban J connectivity index is 1.56. The van der Waals surface area contributed by atoms with Gasteiger partial charge in [-0.2, -0.15) is 21.4 Å². The molecule has 298 valence electrons. The first-order valence-corrected chi connectivity index (χ1v) is 20.8. The van der Waals surface area contributed by atoms with Crippen LogP contribution in [0.4, 0.5) is 5.69 Å². The molecule has 16 nitrogen and oxygen atoms in total. The Morgan fingerprint density at radius 2 is 1.46 bits per heavy atom. The van der Waals surface area contributed by atoms with E-state index >= 15 is 0 Å². The Hall–Kier alpha value is -5.69. The number of aromatic carboxylic acids is 1. The SMILES string of the molecule is CN1c2cc3c(cc2C(CS(=O)(=O)O)=CC1(C)C)C(c1ccc(C(=O)ON2C(=O)CCC2=O)cc1C(=O)O)=c1cc2c([n+](C)c1O3)=CC(C)(C)C=C2CS(=O)(=O)O. The standard InChI is InChI=1S/C39H37N3O13S2/c1-38(2)15-21(18-56(48,49)50)25-13-28-34(23-8-7-20(11-26(23)36(45)46)37(47)55-42-32(43)9-10-33(42)44)27-12-24-22(19-57(51,52)53)16-39(3,4)41(6)29(24)14-31(27)54-35(28)40(5)30(25)17-38/h7-8,11-17H,9-10,18-19H2,1-6H3,(H2-,45,46,48,49,50,51,52,53)/p+1. The van der Waals surface area contributed by atoms with Crippen LogP contribution in [0.1, 0.15) is 83.5 Å². The zero-order valence-electron chi connectivity index (χ0n) is 31.6.